The van der Waals surface area contributed by atoms with E-state index in [0.29, 0.717) is 5.75 Å². The van der Waals surface area contributed by atoms with Crippen molar-refractivity contribution in [2.75, 3.05) is 26.2 Å². The van der Waals surface area contributed by atoms with Crippen LogP contribution in [0, 0.1) is 5.92 Å². The maximum Gasteiger partial charge on any atom is 0.261 e. The van der Waals surface area contributed by atoms with E-state index in [4.69, 9.17) is 4.74 Å². The van der Waals surface area contributed by atoms with E-state index in [1.54, 1.807) is 44.2 Å². The van der Waals surface area contributed by atoms with Crippen molar-refractivity contribution in [3.63, 3.8) is 0 Å². The van der Waals surface area contributed by atoms with Crippen LogP contribution in [-0.4, -0.2) is 90.0 Å². The number of carbonyl (C=O) groups is 5. The lowest BCUT2D eigenvalue weighted by Gasteiger charge is -2.27. The molecule has 5 N–H and O–H groups in total. The third-order valence-corrected chi connectivity index (χ3v) is 7.70. The fourth-order valence-electron chi connectivity index (χ4n) is 5.12. The molecule has 1 aliphatic rings. The minimum Gasteiger partial charge on any atom is -0.484 e. The number of ether oxygens (including phenoxy) is 1. The Bertz CT molecular complexity index is 1550. The van der Waals surface area contributed by atoms with Gasteiger partial charge in [-0.15, -0.1) is 0 Å². The summed E-state index contributed by atoms with van der Waals surface area (Å²) in [6.07, 6.45) is -1.17. The van der Waals surface area contributed by atoms with Crippen LogP contribution in [0.4, 0.5) is 0 Å². The zero-order valence-electron chi connectivity index (χ0n) is 26.2. The molecule has 4 rings (SSSR count). The molecule has 0 unspecified atom stereocenters. The summed E-state index contributed by atoms with van der Waals surface area (Å²) in [7, 11) is 0. The van der Waals surface area contributed by atoms with Crippen molar-refractivity contribution < 1.29 is 33.8 Å². The Kier molecular flexibility index (Phi) is 11.7. The summed E-state index contributed by atoms with van der Waals surface area (Å²) in [5.41, 5.74) is 0.754. The molecule has 1 aliphatic heterocycles. The fraction of sp³-hybridized carbons (Fsp3) is 0.382. The van der Waals surface area contributed by atoms with E-state index in [1.165, 1.54) is 11.8 Å². The Morgan fingerprint density at radius 1 is 0.848 bits per heavy atom. The van der Waals surface area contributed by atoms with Crippen LogP contribution in [0.3, 0.4) is 0 Å². The maximum absolute atomic E-state index is 13.5. The molecule has 46 heavy (non-hydrogen) atoms. The lowest BCUT2D eigenvalue weighted by Crippen LogP contribution is -2.60. The molecule has 4 atom stereocenters. The Morgan fingerprint density at radius 3 is 2.24 bits per heavy atom. The molecule has 0 aromatic heterocycles. The van der Waals surface area contributed by atoms with Crippen molar-refractivity contribution in [2.45, 2.75) is 51.4 Å². The number of amides is 5. The van der Waals surface area contributed by atoms with Crippen molar-refractivity contribution in [3.05, 3.63) is 78.4 Å². The van der Waals surface area contributed by atoms with Gasteiger partial charge in [0, 0.05) is 19.5 Å². The van der Waals surface area contributed by atoms with Gasteiger partial charge in [0.1, 0.15) is 23.9 Å². The van der Waals surface area contributed by atoms with Gasteiger partial charge in [-0.05, 0) is 41.3 Å². The number of nitrogens with one attached hydrogen (secondary N) is 4. The van der Waals surface area contributed by atoms with Gasteiger partial charge in [-0.25, -0.2) is 0 Å². The van der Waals surface area contributed by atoms with Gasteiger partial charge in [-0.3, -0.25) is 24.0 Å². The van der Waals surface area contributed by atoms with Crippen LogP contribution in [0.1, 0.15) is 26.3 Å². The predicted molar refractivity (Wildman–Crippen MR) is 171 cm³/mol. The zero-order chi connectivity index (χ0) is 33.2. The van der Waals surface area contributed by atoms with Gasteiger partial charge in [0.25, 0.3) is 5.91 Å². The number of benzene rings is 3. The molecule has 1 saturated heterocycles. The van der Waals surface area contributed by atoms with Crippen LogP contribution in [0.2, 0.25) is 0 Å². The molecule has 3 aromatic carbocycles. The minimum atomic E-state index is -1.34. The molecule has 0 spiro atoms. The van der Waals surface area contributed by atoms with Crippen LogP contribution in [0.5, 0.6) is 5.75 Å². The molecular weight excluding hydrogens is 590 g/mol. The number of hydrogen-bond donors (Lipinski definition) is 5. The first kappa shape index (κ1) is 33.9. The lowest BCUT2D eigenvalue weighted by molar-refractivity contribution is -0.139. The van der Waals surface area contributed by atoms with E-state index < -0.39 is 60.3 Å². The minimum absolute atomic E-state index is 0.0747. The van der Waals surface area contributed by atoms with Crippen molar-refractivity contribution in [1.82, 2.24) is 26.2 Å². The van der Waals surface area contributed by atoms with Crippen LogP contribution in [0.25, 0.3) is 10.8 Å². The Balaban J connectivity index is 1.55. The van der Waals surface area contributed by atoms with Crippen LogP contribution in [0.15, 0.2) is 72.8 Å². The molecule has 1 fully saturated rings. The standard InChI is InChI=1S/C34H41N5O7/c1-21(2)30-34(45)36-27(17-23-9-5-4-6-10-23)32(43)38-31(22(3)40)33(44)35-15-16-39(19-28(41)37-30)29(42)20-46-26-14-13-24-11-7-8-12-25(24)18-26/h4-14,18,21-22,27,30-31,40H,15-17,19-20H2,1-3H3,(H,35,44)(H,36,45)(H,37,41)(H,38,43)/t22-,27+,30-,31+/m1/s1. The van der Waals surface area contributed by atoms with Crippen molar-refractivity contribution in [2.24, 2.45) is 5.92 Å². The molecule has 12 nitrogen and oxygen atoms in total. The number of nitrogens with zero attached hydrogens (tertiary/aromatic N) is 1. The molecule has 5 amide bonds. The van der Waals surface area contributed by atoms with E-state index in [-0.39, 0.29) is 32.0 Å². The van der Waals surface area contributed by atoms with Crippen molar-refractivity contribution in [1.29, 1.82) is 0 Å². The van der Waals surface area contributed by atoms with E-state index in [9.17, 15) is 29.1 Å². The third kappa shape index (κ3) is 9.27. The topological polar surface area (TPSA) is 166 Å². The highest BCUT2D eigenvalue weighted by molar-refractivity contribution is 5.95. The summed E-state index contributed by atoms with van der Waals surface area (Å²) in [4.78, 5) is 67.8. The van der Waals surface area contributed by atoms with Crippen LogP contribution in [-0.2, 0) is 30.4 Å². The lowest BCUT2D eigenvalue weighted by atomic mass is 10.0. The van der Waals surface area contributed by atoms with E-state index in [1.807, 2.05) is 42.5 Å². The summed E-state index contributed by atoms with van der Waals surface area (Å²) >= 11 is 0. The summed E-state index contributed by atoms with van der Waals surface area (Å²) in [6.45, 7) is 3.92. The van der Waals surface area contributed by atoms with Gasteiger partial charge < -0.3 is 36.0 Å². The average molecular weight is 632 g/mol. The van der Waals surface area contributed by atoms with Gasteiger partial charge in [0.15, 0.2) is 6.61 Å². The highest BCUT2D eigenvalue weighted by atomic mass is 16.5. The number of fused-ring (bicyclic) bond motifs is 1. The average Bonchev–Trinajstić information content (AvgIpc) is 3.03. The second-order valence-electron chi connectivity index (χ2n) is 11.7. The molecule has 12 heteroatoms. The zero-order valence-corrected chi connectivity index (χ0v) is 26.2. The summed E-state index contributed by atoms with van der Waals surface area (Å²) in [5, 5.41) is 22.9. The second-order valence-corrected chi connectivity index (χ2v) is 11.7. The maximum atomic E-state index is 13.5. The molecule has 1 heterocycles. The van der Waals surface area contributed by atoms with E-state index >= 15 is 0 Å². The normalized spacial score (nSPS) is 20.9. The Labute approximate surface area is 267 Å². The summed E-state index contributed by atoms with van der Waals surface area (Å²) < 4.78 is 5.75. The monoisotopic (exact) mass is 631 g/mol. The number of rotatable bonds is 7. The van der Waals surface area contributed by atoms with Crippen molar-refractivity contribution >= 4 is 40.3 Å². The largest absolute Gasteiger partial charge is 0.484 e. The quantitative estimate of drug-likeness (QED) is 0.259. The van der Waals surface area contributed by atoms with Gasteiger partial charge >= 0.3 is 0 Å². The highest BCUT2D eigenvalue weighted by Gasteiger charge is 2.33. The predicted octanol–water partition coefficient (Wildman–Crippen LogP) is 0.911. The smallest absolute Gasteiger partial charge is 0.261 e. The molecule has 0 saturated carbocycles. The van der Waals surface area contributed by atoms with E-state index in [2.05, 4.69) is 21.3 Å². The van der Waals surface area contributed by atoms with Gasteiger partial charge in [-0.2, -0.15) is 0 Å². The first-order valence-corrected chi connectivity index (χ1v) is 15.3. The first-order valence-electron chi connectivity index (χ1n) is 15.3. The summed E-state index contributed by atoms with van der Waals surface area (Å²) in [5.74, 6) is -2.98. The van der Waals surface area contributed by atoms with Crippen molar-refractivity contribution in [3.8, 4) is 5.75 Å². The number of carbonyl (C=O) groups excluding carboxylic acids is 5. The van der Waals surface area contributed by atoms with Gasteiger partial charge in [0.05, 0.1) is 12.6 Å². The molecular formula is C34H41N5O7. The van der Waals surface area contributed by atoms with Gasteiger partial charge in [-0.1, -0.05) is 74.5 Å². The second kappa shape index (κ2) is 15.8. The molecule has 0 radical (unpaired) electrons. The molecule has 0 bridgehead atoms. The SMILES string of the molecule is CC(C)[C@H]1NC(=O)CN(C(=O)COc2ccc3ccccc3c2)CCNC(=O)[C@H]([C@@H](C)O)NC(=O)[C@H](Cc2ccccc2)NC1=O. The van der Waals surface area contributed by atoms with Gasteiger partial charge in [0.2, 0.25) is 23.6 Å². The Hall–Kier alpha value is -4.97. The molecule has 3 aromatic rings. The number of hydrogen-bond acceptors (Lipinski definition) is 7. The number of aliphatic hydroxyl groups is 1. The number of aliphatic hydroxyl groups excluding tert-OH is 1. The first-order chi connectivity index (χ1) is 22.0. The van der Waals surface area contributed by atoms with E-state index in [0.717, 1.165) is 16.3 Å². The van der Waals surface area contributed by atoms with Crippen LogP contribution >= 0.6 is 0 Å². The molecule has 244 valence electrons. The fourth-order valence-corrected chi connectivity index (χ4v) is 5.12. The highest BCUT2D eigenvalue weighted by Crippen LogP contribution is 2.20. The summed E-state index contributed by atoms with van der Waals surface area (Å²) in [6, 6.07) is 18.7. The van der Waals surface area contributed by atoms with Crippen LogP contribution < -0.4 is 26.0 Å². The third-order valence-electron chi connectivity index (χ3n) is 7.70. The molecule has 0 aliphatic carbocycles. The Morgan fingerprint density at radius 2 is 1.54 bits per heavy atom.